The van der Waals surface area contributed by atoms with Gasteiger partial charge in [0.1, 0.15) is 0 Å². The van der Waals surface area contributed by atoms with E-state index in [1.54, 1.807) is 0 Å². The van der Waals surface area contributed by atoms with E-state index in [1.807, 2.05) is 12.1 Å². The van der Waals surface area contributed by atoms with Crippen LogP contribution in [0.4, 0.5) is 0 Å². The number of fused-ring (bicyclic) bond motifs is 3. The second-order valence-corrected chi connectivity index (χ2v) is 5.00. The molecule has 16 heavy (non-hydrogen) atoms. The van der Waals surface area contributed by atoms with Crippen LogP contribution in [0.1, 0.15) is 24.0 Å². The highest BCUT2D eigenvalue weighted by Gasteiger charge is 2.44. The molecule has 2 heterocycles. The standard InChI is InChI=1S/C12H14ClNO.ClH/c1-12-7-14-5-10(12)8-3-2-4-11(13)9(8)6-15-12;/h2-4,10,14H,5-7H2,1H3;1H/t10-,12+;/m0./s1. The summed E-state index contributed by atoms with van der Waals surface area (Å²) in [5.74, 6) is 0.444. The molecule has 0 amide bonds. The Balaban J connectivity index is 0.000000963. The van der Waals surface area contributed by atoms with Crippen LogP contribution < -0.4 is 5.32 Å². The van der Waals surface area contributed by atoms with E-state index in [9.17, 15) is 0 Å². The summed E-state index contributed by atoms with van der Waals surface area (Å²) in [6.07, 6.45) is 0. The Hall–Kier alpha value is -0.280. The first-order valence-corrected chi connectivity index (χ1v) is 5.70. The van der Waals surface area contributed by atoms with Gasteiger partial charge < -0.3 is 10.1 Å². The van der Waals surface area contributed by atoms with Crippen molar-refractivity contribution in [2.75, 3.05) is 13.1 Å². The molecule has 2 nitrogen and oxygen atoms in total. The first-order chi connectivity index (χ1) is 7.21. The third-order valence-corrected chi connectivity index (χ3v) is 3.99. The van der Waals surface area contributed by atoms with Gasteiger partial charge in [0.25, 0.3) is 0 Å². The zero-order chi connectivity index (χ0) is 10.5. The molecule has 0 bridgehead atoms. The molecular formula is C12H15Cl2NO. The smallest absolute Gasteiger partial charge is 0.0863 e. The Bertz CT molecular complexity index is 410. The van der Waals surface area contributed by atoms with Crippen LogP contribution in [0.15, 0.2) is 18.2 Å². The topological polar surface area (TPSA) is 21.3 Å². The molecule has 0 aliphatic carbocycles. The fourth-order valence-corrected chi connectivity index (χ4v) is 2.92. The molecule has 4 heteroatoms. The number of ether oxygens (including phenoxy) is 1. The van der Waals surface area contributed by atoms with Crippen molar-refractivity contribution in [1.29, 1.82) is 0 Å². The van der Waals surface area contributed by atoms with Crippen molar-refractivity contribution in [3.8, 4) is 0 Å². The molecule has 1 aromatic rings. The van der Waals surface area contributed by atoms with Gasteiger partial charge in [-0.3, -0.25) is 0 Å². The van der Waals surface area contributed by atoms with Crippen molar-refractivity contribution in [3.63, 3.8) is 0 Å². The molecule has 88 valence electrons. The third kappa shape index (κ3) is 1.65. The van der Waals surface area contributed by atoms with Crippen LogP contribution in [0.25, 0.3) is 0 Å². The summed E-state index contributed by atoms with van der Waals surface area (Å²) < 4.78 is 5.95. The van der Waals surface area contributed by atoms with Crippen molar-refractivity contribution in [3.05, 3.63) is 34.3 Å². The molecule has 2 atom stereocenters. The number of benzene rings is 1. The number of halogens is 2. The second-order valence-electron chi connectivity index (χ2n) is 4.59. The molecule has 2 aliphatic rings. The van der Waals surface area contributed by atoms with Crippen LogP contribution in [0.3, 0.4) is 0 Å². The van der Waals surface area contributed by atoms with E-state index in [1.165, 1.54) is 11.1 Å². The van der Waals surface area contributed by atoms with Gasteiger partial charge in [-0.1, -0.05) is 23.7 Å². The Labute approximate surface area is 107 Å². The highest BCUT2D eigenvalue weighted by Crippen LogP contribution is 2.42. The molecule has 3 rings (SSSR count). The lowest BCUT2D eigenvalue weighted by molar-refractivity contribution is -0.0517. The Morgan fingerprint density at radius 2 is 2.31 bits per heavy atom. The van der Waals surface area contributed by atoms with Crippen molar-refractivity contribution >= 4 is 24.0 Å². The molecule has 0 aromatic heterocycles. The molecule has 1 aromatic carbocycles. The zero-order valence-electron chi connectivity index (χ0n) is 9.13. The molecule has 0 unspecified atom stereocenters. The van der Waals surface area contributed by atoms with Crippen LogP contribution in [-0.2, 0) is 11.3 Å². The predicted molar refractivity (Wildman–Crippen MR) is 67.5 cm³/mol. The van der Waals surface area contributed by atoms with Gasteiger partial charge in [-0.25, -0.2) is 0 Å². The van der Waals surface area contributed by atoms with Crippen molar-refractivity contribution in [2.45, 2.75) is 25.0 Å². The summed E-state index contributed by atoms with van der Waals surface area (Å²) in [5.41, 5.74) is 2.49. The summed E-state index contributed by atoms with van der Waals surface area (Å²) in [4.78, 5) is 0. The van der Waals surface area contributed by atoms with Crippen LogP contribution in [0, 0.1) is 0 Å². The Morgan fingerprint density at radius 1 is 1.50 bits per heavy atom. The van der Waals surface area contributed by atoms with Gasteiger partial charge in [-0.2, -0.15) is 0 Å². The molecule has 2 aliphatic heterocycles. The van der Waals surface area contributed by atoms with E-state index in [2.05, 4.69) is 18.3 Å². The number of rotatable bonds is 0. The number of hydrogen-bond acceptors (Lipinski definition) is 2. The SMILES string of the molecule is C[C@@]12CNC[C@H]1c1cccc(Cl)c1CO2.Cl. The number of hydrogen-bond donors (Lipinski definition) is 1. The van der Waals surface area contributed by atoms with Crippen LogP contribution in [-0.4, -0.2) is 18.7 Å². The average molecular weight is 260 g/mol. The van der Waals surface area contributed by atoms with Crippen molar-refractivity contribution < 1.29 is 4.74 Å². The van der Waals surface area contributed by atoms with Gasteiger partial charge in [-0.15, -0.1) is 12.4 Å². The van der Waals surface area contributed by atoms with Crippen molar-refractivity contribution in [1.82, 2.24) is 5.32 Å². The highest BCUT2D eigenvalue weighted by molar-refractivity contribution is 6.31. The first kappa shape index (κ1) is 12.2. The molecule has 0 spiro atoms. The minimum absolute atomic E-state index is 0. The molecule has 0 saturated carbocycles. The van der Waals surface area contributed by atoms with E-state index < -0.39 is 0 Å². The predicted octanol–water partition coefficient (Wildman–Crippen LogP) is 2.74. The van der Waals surface area contributed by atoms with Gasteiger partial charge >= 0.3 is 0 Å². The first-order valence-electron chi connectivity index (χ1n) is 5.33. The Morgan fingerprint density at radius 3 is 3.12 bits per heavy atom. The van der Waals surface area contributed by atoms with Crippen LogP contribution in [0.2, 0.25) is 5.02 Å². The lowest BCUT2D eigenvalue weighted by Crippen LogP contribution is -2.39. The second kappa shape index (κ2) is 4.19. The van der Waals surface area contributed by atoms with Gasteiger partial charge in [-0.05, 0) is 24.1 Å². The van der Waals surface area contributed by atoms with E-state index in [-0.39, 0.29) is 18.0 Å². The van der Waals surface area contributed by atoms with E-state index in [0.717, 1.165) is 18.1 Å². The maximum Gasteiger partial charge on any atom is 0.0863 e. The summed E-state index contributed by atoms with van der Waals surface area (Å²) in [7, 11) is 0. The van der Waals surface area contributed by atoms with Gasteiger partial charge in [0.2, 0.25) is 0 Å². The lowest BCUT2D eigenvalue weighted by atomic mass is 9.81. The fourth-order valence-electron chi connectivity index (χ4n) is 2.69. The fraction of sp³-hybridized carbons (Fsp3) is 0.500. The van der Waals surface area contributed by atoms with E-state index >= 15 is 0 Å². The van der Waals surface area contributed by atoms with E-state index in [4.69, 9.17) is 16.3 Å². The van der Waals surface area contributed by atoms with Gasteiger partial charge in [0.15, 0.2) is 0 Å². The van der Waals surface area contributed by atoms with Gasteiger partial charge in [0.05, 0.1) is 12.2 Å². The molecule has 1 fully saturated rings. The van der Waals surface area contributed by atoms with Crippen LogP contribution >= 0.6 is 24.0 Å². The monoisotopic (exact) mass is 259 g/mol. The normalized spacial score (nSPS) is 31.5. The third-order valence-electron chi connectivity index (χ3n) is 3.64. The average Bonchev–Trinajstić information content (AvgIpc) is 2.60. The molecule has 0 radical (unpaired) electrons. The summed E-state index contributed by atoms with van der Waals surface area (Å²) >= 11 is 6.18. The Kier molecular flexibility index (Phi) is 3.19. The molecule has 1 saturated heterocycles. The minimum Gasteiger partial charge on any atom is -0.369 e. The number of nitrogens with one attached hydrogen (secondary N) is 1. The zero-order valence-corrected chi connectivity index (χ0v) is 10.7. The molecule has 1 N–H and O–H groups in total. The van der Waals surface area contributed by atoms with E-state index in [0.29, 0.717) is 12.5 Å². The van der Waals surface area contributed by atoms with Crippen LogP contribution in [0.5, 0.6) is 0 Å². The summed E-state index contributed by atoms with van der Waals surface area (Å²) in [6, 6.07) is 6.15. The quantitative estimate of drug-likeness (QED) is 0.774. The highest BCUT2D eigenvalue weighted by atomic mass is 35.5. The van der Waals surface area contributed by atoms with Gasteiger partial charge in [0, 0.05) is 24.0 Å². The minimum atomic E-state index is -0.0440. The maximum atomic E-state index is 6.18. The maximum absolute atomic E-state index is 6.18. The summed E-state index contributed by atoms with van der Waals surface area (Å²) in [5, 5.41) is 4.23. The lowest BCUT2D eigenvalue weighted by Gasteiger charge is -2.37. The largest absolute Gasteiger partial charge is 0.369 e. The van der Waals surface area contributed by atoms with Crippen molar-refractivity contribution in [2.24, 2.45) is 0 Å². The summed E-state index contributed by atoms with van der Waals surface area (Å²) in [6.45, 7) is 4.75. The molecular weight excluding hydrogens is 245 g/mol.